The van der Waals surface area contributed by atoms with E-state index in [1.807, 2.05) is 6.07 Å². The summed E-state index contributed by atoms with van der Waals surface area (Å²) in [6.45, 7) is 0.0731. The summed E-state index contributed by atoms with van der Waals surface area (Å²) in [7, 11) is 0. The largest absolute Gasteiger partial charge is 0.394 e. The number of carbonyl (C=O) groups is 1. The minimum Gasteiger partial charge on any atom is -0.394 e. The van der Waals surface area contributed by atoms with Gasteiger partial charge in [-0.1, -0.05) is 18.9 Å². The zero-order valence-electron chi connectivity index (χ0n) is 10.7. The van der Waals surface area contributed by atoms with E-state index in [0.717, 1.165) is 38.5 Å². The van der Waals surface area contributed by atoms with Crippen LogP contribution in [0.15, 0.2) is 17.5 Å². The number of hydrogen-bond acceptors (Lipinski definition) is 3. The standard InChI is InChI=1S/C14H21NO2S/c16-11-14(8-1-2-9-14)15-13(17)7-3-5-12-6-4-10-18-12/h4,6,10,16H,1-3,5,7-9,11H2,(H,15,17). The highest BCUT2D eigenvalue weighted by Gasteiger charge is 2.34. The molecule has 1 aliphatic rings. The third kappa shape index (κ3) is 3.56. The summed E-state index contributed by atoms with van der Waals surface area (Å²) >= 11 is 1.74. The van der Waals surface area contributed by atoms with Gasteiger partial charge >= 0.3 is 0 Å². The molecule has 0 aliphatic heterocycles. The number of aliphatic hydroxyl groups excluding tert-OH is 1. The lowest BCUT2D eigenvalue weighted by Gasteiger charge is -2.27. The van der Waals surface area contributed by atoms with Gasteiger partial charge in [0.25, 0.3) is 0 Å². The van der Waals surface area contributed by atoms with E-state index in [-0.39, 0.29) is 18.1 Å². The molecule has 1 amide bonds. The number of rotatable bonds is 6. The number of hydrogen-bond donors (Lipinski definition) is 2. The van der Waals surface area contributed by atoms with Crippen molar-refractivity contribution in [2.24, 2.45) is 0 Å². The highest BCUT2D eigenvalue weighted by molar-refractivity contribution is 7.09. The van der Waals surface area contributed by atoms with Crippen molar-refractivity contribution in [2.45, 2.75) is 50.5 Å². The molecule has 100 valence electrons. The molecule has 2 N–H and O–H groups in total. The fraction of sp³-hybridized carbons (Fsp3) is 0.643. The van der Waals surface area contributed by atoms with Crippen molar-refractivity contribution in [1.82, 2.24) is 5.32 Å². The lowest BCUT2D eigenvalue weighted by atomic mass is 9.98. The van der Waals surface area contributed by atoms with Crippen LogP contribution in [0.3, 0.4) is 0 Å². The molecule has 18 heavy (non-hydrogen) atoms. The number of amides is 1. The van der Waals surface area contributed by atoms with Crippen molar-refractivity contribution >= 4 is 17.2 Å². The molecule has 0 saturated heterocycles. The van der Waals surface area contributed by atoms with Gasteiger partial charge < -0.3 is 10.4 Å². The average molecular weight is 267 g/mol. The Morgan fingerprint density at radius 3 is 2.83 bits per heavy atom. The first kappa shape index (κ1) is 13.6. The van der Waals surface area contributed by atoms with Crippen LogP contribution in [0.2, 0.25) is 0 Å². The topological polar surface area (TPSA) is 49.3 Å². The third-order valence-electron chi connectivity index (χ3n) is 3.68. The predicted octanol–water partition coefficient (Wildman–Crippen LogP) is 2.49. The van der Waals surface area contributed by atoms with E-state index in [1.54, 1.807) is 11.3 Å². The molecule has 0 spiro atoms. The summed E-state index contributed by atoms with van der Waals surface area (Å²) in [6, 6.07) is 4.15. The Morgan fingerprint density at radius 1 is 1.44 bits per heavy atom. The second-order valence-corrected chi connectivity index (χ2v) is 6.16. The molecule has 1 heterocycles. The first-order chi connectivity index (χ1) is 8.74. The molecule has 4 heteroatoms. The first-order valence-corrected chi connectivity index (χ1v) is 7.56. The zero-order chi connectivity index (χ0) is 12.8. The fourth-order valence-corrected chi connectivity index (χ4v) is 3.36. The summed E-state index contributed by atoms with van der Waals surface area (Å²) in [5.74, 6) is 0.0857. The van der Waals surface area contributed by atoms with Crippen LogP contribution in [0.4, 0.5) is 0 Å². The van der Waals surface area contributed by atoms with Crippen molar-refractivity contribution in [3.8, 4) is 0 Å². The molecule has 1 aromatic rings. The summed E-state index contributed by atoms with van der Waals surface area (Å²) in [5.41, 5.74) is -0.319. The summed E-state index contributed by atoms with van der Waals surface area (Å²) < 4.78 is 0. The van der Waals surface area contributed by atoms with E-state index in [0.29, 0.717) is 6.42 Å². The van der Waals surface area contributed by atoms with Gasteiger partial charge in [-0.3, -0.25) is 4.79 Å². The molecule has 0 atom stereocenters. The maximum Gasteiger partial charge on any atom is 0.220 e. The summed E-state index contributed by atoms with van der Waals surface area (Å²) in [6.07, 6.45) is 6.46. The van der Waals surface area contributed by atoms with Crippen molar-refractivity contribution in [3.63, 3.8) is 0 Å². The number of aliphatic hydroxyl groups is 1. The van der Waals surface area contributed by atoms with Gasteiger partial charge in [-0.2, -0.15) is 0 Å². The van der Waals surface area contributed by atoms with Crippen molar-refractivity contribution < 1.29 is 9.90 Å². The summed E-state index contributed by atoms with van der Waals surface area (Å²) in [4.78, 5) is 13.2. The van der Waals surface area contributed by atoms with Gasteiger partial charge in [-0.25, -0.2) is 0 Å². The minimum atomic E-state index is -0.319. The van der Waals surface area contributed by atoms with Gasteiger partial charge in [-0.15, -0.1) is 11.3 Å². The third-order valence-corrected chi connectivity index (χ3v) is 4.61. The number of thiophene rings is 1. The van der Waals surface area contributed by atoms with Gasteiger partial charge in [0.1, 0.15) is 0 Å². The quantitative estimate of drug-likeness (QED) is 0.832. The molecule has 1 fully saturated rings. The van der Waals surface area contributed by atoms with Crippen LogP contribution in [0.5, 0.6) is 0 Å². The predicted molar refractivity (Wildman–Crippen MR) is 73.7 cm³/mol. The van der Waals surface area contributed by atoms with Gasteiger partial charge in [-0.05, 0) is 37.1 Å². The molecule has 1 saturated carbocycles. The van der Waals surface area contributed by atoms with E-state index in [9.17, 15) is 9.90 Å². The van der Waals surface area contributed by atoms with Crippen LogP contribution in [0.1, 0.15) is 43.4 Å². The molecule has 2 rings (SSSR count). The van der Waals surface area contributed by atoms with Crippen molar-refractivity contribution in [3.05, 3.63) is 22.4 Å². The van der Waals surface area contributed by atoms with Gasteiger partial charge in [0.05, 0.1) is 12.1 Å². The number of aryl methyl sites for hydroxylation is 1. The molecular weight excluding hydrogens is 246 g/mol. The van der Waals surface area contributed by atoms with Gasteiger partial charge in [0.2, 0.25) is 5.91 Å². The van der Waals surface area contributed by atoms with Crippen LogP contribution < -0.4 is 5.32 Å². The Morgan fingerprint density at radius 2 is 2.22 bits per heavy atom. The van der Waals surface area contributed by atoms with Crippen LogP contribution in [0.25, 0.3) is 0 Å². The Balaban J connectivity index is 1.71. The molecule has 0 unspecified atom stereocenters. The van der Waals surface area contributed by atoms with Crippen LogP contribution in [-0.2, 0) is 11.2 Å². The van der Waals surface area contributed by atoms with Crippen molar-refractivity contribution in [1.29, 1.82) is 0 Å². The van der Waals surface area contributed by atoms with Crippen LogP contribution in [0, 0.1) is 0 Å². The average Bonchev–Trinajstić information content (AvgIpc) is 3.01. The lowest BCUT2D eigenvalue weighted by Crippen LogP contribution is -2.49. The molecule has 3 nitrogen and oxygen atoms in total. The van der Waals surface area contributed by atoms with Crippen molar-refractivity contribution in [2.75, 3.05) is 6.61 Å². The zero-order valence-corrected chi connectivity index (χ0v) is 11.5. The fourth-order valence-electron chi connectivity index (χ4n) is 2.61. The minimum absolute atomic E-state index is 0.0731. The molecule has 1 aromatic heterocycles. The molecule has 0 radical (unpaired) electrons. The maximum absolute atomic E-state index is 11.9. The van der Waals surface area contributed by atoms with E-state index < -0.39 is 0 Å². The Hall–Kier alpha value is -0.870. The summed E-state index contributed by atoms with van der Waals surface area (Å²) in [5, 5.41) is 14.5. The van der Waals surface area contributed by atoms with E-state index in [2.05, 4.69) is 16.8 Å². The highest BCUT2D eigenvalue weighted by Crippen LogP contribution is 2.29. The highest BCUT2D eigenvalue weighted by atomic mass is 32.1. The van der Waals surface area contributed by atoms with Gasteiger partial charge in [0, 0.05) is 11.3 Å². The smallest absolute Gasteiger partial charge is 0.220 e. The Labute approximate surface area is 112 Å². The Kier molecular flexibility index (Phi) is 4.78. The second kappa shape index (κ2) is 6.34. The first-order valence-electron chi connectivity index (χ1n) is 6.68. The number of nitrogens with one attached hydrogen (secondary N) is 1. The van der Waals surface area contributed by atoms with Crippen LogP contribution >= 0.6 is 11.3 Å². The monoisotopic (exact) mass is 267 g/mol. The normalized spacial score (nSPS) is 17.8. The Bertz CT molecular complexity index is 369. The molecule has 0 bridgehead atoms. The second-order valence-electron chi connectivity index (χ2n) is 5.13. The maximum atomic E-state index is 11.9. The van der Waals surface area contributed by atoms with Gasteiger partial charge in [0.15, 0.2) is 0 Å². The molecular formula is C14H21NO2S. The van der Waals surface area contributed by atoms with E-state index in [4.69, 9.17) is 0 Å². The van der Waals surface area contributed by atoms with E-state index in [1.165, 1.54) is 4.88 Å². The number of carbonyl (C=O) groups excluding carboxylic acids is 1. The lowest BCUT2D eigenvalue weighted by molar-refractivity contribution is -0.123. The molecule has 0 aromatic carbocycles. The van der Waals surface area contributed by atoms with E-state index >= 15 is 0 Å². The van der Waals surface area contributed by atoms with Crippen LogP contribution in [-0.4, -0.2) is 23.2 Å². The SMILES string of the molecule is O=C(CCCc1cccs1)NC1(CO)CCCC1. The molecule has 1 aliphatic carbocycles.